The third-order valence-electron chi connectivity index (χ3n) is 8.32. The molecule has 1 amide bonds. The van der Waals surface area contributed by atoms with E-state index in [9.17, 15) is 4.79 Å². The fraction of sp³-hybridized carbons (Fsp3) is 0.630. The zero-order chi connectivity index (χ0) is 23.4. The van der Waals surface area contributed by atoms with Crippen LogP contribution in [0.1, 0.15) is 62.4 Å². The SMILES string of the molecule is NC1CC[N-]C(c2ccccc2)C1.O=C1Cn2ccnc2CN1CC1CC[N-]CC12CCCC2.[Y]. The van der Waals surface area contributed by atoms with Crippen molar-refractivity contribution in [3.63, 3.8) is 0 Å². The van der Waals surface area contributed by atoms with Gasteiger partial charge in [-0.25, -0.2) is 4.98 Å². The number of carbonyl (C=O) groups excluding carboxylic acids is 1. The normalized spacial score (nSPS) is 27.5. The first-order valence-electron chi connectivity index (χ1n) is 13.0. The van der Waals surface area contributed by atoms with Gasteiger partial charge >= 0.3 is 0 Å². The minimum absolute atomic E-state index is 0. The minimum Gasteiger partial charge on any atom is -0.662 e. The Bertz CT molecular complexity index is 944. The van der Waals surface area contributed by atoms with E-state index in [-0.39, 0.29) is 38.6 Å². The van der Waals surface area contributed by atoms with Gasteiger partial charge in [-0.05, 0) is 24.2 Å². The Labute approximate surface area is 234 Å². The van der Waals surface area contributed by atoms with Crippen LogP contribution in [-0.2, 0) is 50.6 Å². The number of hydrogen-bond donors (Lipinski definition) is 1. The average Bonchev–Trinajstić information content (AvgIpc) is 3.52. The molecule has 1 aliphatic carbocycles. The third kappa shape index (κ3) is 6.42. The molecule has 1 aromatic carbocycles. The number of carbonyl (C=O) groups is 1. The molecule has 3 atom stereocenters. The van der Waals surface area contributed by atoms with Crippen LogP contribution in [0.25, 0.3) is 10.6 Å². The zero-order valence-corrected chi connectivity index (χ0v) is 23.6. The number of benzene rings is 1. The van der Waals surface area contributed by atoms with Crippen LogP contribution in [0.3, 0.4) is 0 Å². The molecule has 8 heteroatoms. The molecule has 2 saturated heterocycles. The molecular formula is C27H38N6OY-2. The molecule has 4 heterocycles. The summed E-state index contributed by atoms with van der Waals surface area (Å²) in [5, 5.41) is 9.25. The smallest absolute Gasteiger partial charge is 0.242 e. The van der Waals surface area contributed by atoms with Crippen LogP contribution in [-0.4, -0.2) is 52.6 Å². The Morgan fingerprint density at radius 3 is 2.66 bits per heavy atom. The van der Waals surface area contributed by atoms with E-state index in [2.05, 4.69) is 39.9 Å². The summed E-state index contributed by atoms with van der Waals surface area (Å²) in [6.07, 6.45) is 12.2. The second-order valence-electron chi connectivity index (χ2n) is 10.5. The molecule has 2 aromatic rings. The van der Waals surface area contributed by atoms with Crippen molar-refractivity contribution >= 4 is 5.91 Å². The van der Waals surface area contributed by atoms with Crippen molar-refractivity contribution < 1.29 is 37.5 Å². The van der Waals surface area contributed by atoms with Crippen LogP contribution >= 0.6 is 0 Å². The maximum Gasteiger partial charge on any atom is 0.242 e. The molecule has 1 saturated carbocycles. The van der Waals surface area contributed by atoms with E-state index in [1.165, 1.54) is 31.2 Å². The first-order valence-corrected chi connectivity index (χ1v) is 13.0. The average molecular weight is 552 g/mol. The van der Waals surface area contributed by atoms with Gasteiger partial charge in [-0.2, -0.15) is 0 Å². The Balaban J connectivity index is 0.000000179. The Kier molecular flexibility index (Phi) is 9.56. The molecule has 6 rings (SSSR count). The quantitative estimate of drug-likeness (QED) is 0.613. The third-order valence-corrected chi connectivity index (χ3v) is 8.32. The molecule has 1 radical (unpaired) electrons. The molecule has 0 bridgehead atoms. The Morgan fingerprint density at radius 1 is 1.09 bits per heavy atom. The van der Waals surface area contributed by atoms with Crippen molar-refractivity contribution in [2.24, 2.45) is 17.1 Å². The molecular weight excluding hydrogens is 513 g/mol. The number of nitrogens with two attached hydrogens (primary N) is 1. The number of amides is 1. The predicted molar refractivity (Wildman–Crippen MR) is 134 cm³/mol. The summed E-state index contributed by atoms with van der Waals surface area (Å²) in [6, 6.07) is 11.1. The maximum atomic E-state index is 12.4. The second kappa shape index (κ2) is 12.4. The molecule has 187 valence electrons. The standard InChI is InChI=1S/C16H23N4O.C11H15N2.Y/c21-15-11-19-8-7-18-14(19)10-20(15)9-13-3-6-17-12-16(13)4-1-2-5-16;12-10-6-7-13-11(8-10)9-4-2-1-3-5-9;/h7-8,13H,1-6,9-12H2;1-5,10-11H,6-8,12H2;/q2*-1;. The van der Waals surface area contributed by atoms with Gasteiger partial charge in [0.25, 0.3) is 0 Å². The fourth-order valence-corrected chi connectivity index (χ4v) is 6.28. The molecule has 3 fully saturated rings. The van der Waals surface area contributed by atoms with Crippen LogP contribution in [0.5, 0.6) is 0 Å². The van der Waals surface area contributed by atoms with Crippen molar-refractivity contribution in [2.45, 2.75) is 70.1 Å². The van der Waals surface area contributed by atoms with Crippen LogP contribution in [0.2, 0.25) is 0 Å². The summed E-state index contributed by atoms with van der Waals surface area (Å²) < 4.78 is 1.97. The van der Waals surface area contributed by atoms with E-state index in [0.717, 1.165) is 51.3 Å². The number of nitrogens with zero attached hydrogens (tertiary/aromatic N) is 5. The summed E-state index contributed by atoms with van der Waals surface area (Å²) in [5.74, 6) is 1.90. The summed E-state index contributed by atoms with van der Waals surface area (Å²) in [6.45, 7) is 4.95. The summed E-state index contributed by atoms with van der Waals surface area (Å²) >= 11 is 0. The predicted octanol–water partition coefficient (Wildman–Crippen LogP) is 4.40. The van der Waals surface area contributed by atoms with Crippen LogP contribution in [0.15, 0.2) is 42.7 Å². The first-order chi connectivity index (χ1) is 16.6. The molecule has 1 spiro atoms. The molecule has 3 aliphatic heterocycles. The number of hydrogen-bond acceptors (Lipinski definition) is 3. The summed E-state index contributed by atoms with van der Waals surface area (Å²) in [4.78, 5) is 18.8. The van der Waals surface area contributed by atoms with Crippen molar-refractivity contribution in [1.82, 2.24) is 14.5 Å². The first kappa shape index (κ1) is 26.9. The van der Waals surface area contributed by atoms with Gasteiger partial charge in [0.2, 0.25) is 5.91 Å². The van der Waals surface area contributed by atoms with Crippen LogP contribution in [0.4, 0.5) is 0 Å². The van der Waals surface area contributed by atoms with Crippen molar-refractivity contribution in [3.05, 3.63) is 64.7 Å². The number of aromatic nitrogens is 2. The molecule has 7 nitrogen and oxygen atoms in total. The zero-order valence-electron chi connectivity index (χ0n) is 20.8. The van der Waals surface area contributed by atoms with E-state index in [1.807, 2.05) is 21.7 Å². The summed E-state index contributed by atoms with van der Waals surface area (Å²) in [7, 11) is 0. The summed E-state index contributed by atoms with van der Waals surface area (Å²) in [5.41, 5.74) is 7.60. The Morgan fingerprint density at radius 2 is 1.89 bits per heavy atom. The van der Waals surface area contributed by atoms with E-state index in [0.29, 0.717) is 36.5 Å². The van der Waals surface area contributed by atoms with Crippen molar-refractivity contribution in [1.29, 1.82) is 0 Å². The van der Waals surface area contributed by atoms with E-state index in [1.54, 1.807) is 6.20 Å². The van der Waals surface area contributed by atoms with Gasteiger partial charge in [0.1, 0.15) is 12.4 Å². The topological polar surface area (TPSA) is 92.3 Å². The van der Waals surface area contributed by atoms with E-state index >= 15 is 0 Å². The Hall–Kier alpha value is -1.12. The van der Waals surface area contributed by atoms with Gasteiger partial charge in [-0.3, -0.25) is 4.79 Å². The van der Waals surface area contributed by atoms with Crippen LogP contribution < -0.4 is 5.73 Å². The van der Waals surface area contributed by atoms with Gasteiger partial charge in [-0.1, -0.05) is 68.0 Å². The van der Waals surface area contributed by atoms with Crippen molar-refractivity contribution in [2.75, 3.05) is 26.2 Å². The van der Waals surface area contributed by atoms with E-state index in [4.69, 9.17) is 5.73 Å². The monoisotopic (exact) mass is 551 g/mol. The number of piperidine rings is 2. The molecule has 3 unspecified atom stereocenters. The fourth-order valence-electron chi connectivity index (χ4n) is 6.28. The molecule has 4 aliphatic rings. The van der Waals surface area contributed by atoms with Gasteiger partial charge in [-0.15, -0.1) is 25.7 Å². The van der Waals surface area contributed by atoms with Crippen LogP contribution in [0, 0.1) is 11.3 Å². The van der Waals surface area contributed by atoms with Gasteiger partial charge in [0.15, 0.2) is 0 Å². The number of fused-ring (bicyclic) bond motifs is 1. The minimum atomic E-state index is 0. The molecule has 1 aromatic heterocycles. The van der Waals surface area contributed by atoms with Gasteiger partial charge in [0.05, 0.1) is 6.54 Å². The maximum absolute atomic E-state index is 12.4. The van der Waals surface area contributed by atoms with Gasteiger partial charge < -0.3 is 25.8 Å². The number of imidazole rings is 1. The molecule has 35 heavy (non-hydrogen) atoms. The largest absolute Gasteiger partial charge is 0.662 e. The number of rotatable bonds is 3. The molecule has 2 N–H and O–H groups in total. The van der Waals surface area contributed by atoms with Crippen molar-refractivity contribution in [3.8, 4) is 0 Å². The second-order valence-corrected chi connectivity index (χ2v) is 10.5. The van der Waals surface area contributed by atoms with E-state index < -0.39 is 0 Å². The van der Waals surface area contributed by atoms with Gasteiger partial charge in [0, 0.05) is 57.7 Å².